The van der Waals surface area contributed by atoms with Crippen LogP contribution in [0.25, 0.3) is 6.08 Å². The zero-order chi connectivity index (χ0) is 13.1. The van der Waals surface area contributed by atoms with E-state index in [-0.39, 0.29) is 11.1 Å². The van der Waals surface area contributed by atoms with Gasteiger partial charge in [0.2, 0.25) is 0 Å². The smallest absolute Gasteiger partial charge is 0.416 e. The van der Waals surface area contributed by atoms with Crippen molar-refractivity contribution in [3.63, 3.8) is 0 Å². The maximum atomic E-state index is 12.4. The molecule has 3 nitrogen and oxygen atoms in total. The number of carboxylic acids is 1. The largest absolute Gasteiger partial charge is 0.478 e. The highest BCUT2D eigenvalue weighted by molar-refractivity contribution is 5.92. The molecule has 0 radical (unpaired) electrons. The number of benzene rings is 1. The summed E-state index contributed by atoms with van der Waals surface area (Å²) in [5, 5.41) is 17.0. The summed E-state index contributed by atoms with van der Waals surface area (Å²) in [4.78, 5) is 10.7. The number of aromatic carboxylic acids is 1. The Balaban J connectivity index is 3.35. The Hall–Kier alpha value is -2.29. The number of nitriles is 1. The van der Waals surface area contributed by atoms with Crippen LogP contribution in [0.1, 0.15) is 21.5 Å². The Morgan fingerprint density at radius 2 is 2.06 bits per heavy atom. The molecule has 6 heteroatoms. The van der Waals surface area contributed by atoms with Gasteiger partial charge >= 0.3 is 12.1 Å². The first-order valence-corrected chi connectivity index (χ1v) is 4.37. The molecule has 0 aliphatic carbocycles. The van der Waals surface area contributed by atoms with Crippen molar-refractivity contribution in [2.45, 2.75) is 6.18 Å². The topological polar surface area (TPSA) is 61.1 Å². The van der Waals surface area contributed by atoms with Gasteiger partial charge in [0.25, 0.3) is 0 Å². The van der Waals surface area contributed by atoms with E-state index in [2.05, 4.69) is 0 Å². The van der Waals surface area contributed by atoms with Gasteiger partial charge in [-0.05, 0) is 29.8 Å². The molecule has 1 aromatic carbocycles. The van der Waals surface area contributed by atoms with Crippen LogP contribution in [-0.2, 0) is 6.18 Å². The summed E-state index contributed by atoms with van der Waals surface area (Å²) in [6.07, 6.45) is -2.60. The predicted octanol–water partition coefficient (Wildman–Crippen LogP) is 2.94. The number of hydrogen-bond acceptors (Lipinski definition) is 2. The lowest BCUT2D eigenvalue weighted by atomic mass is 10.0. The van der Waals surface area contributed by atoms with E-state index >= 15 is 0 Å². The molecule has 17 heavy (non-hydrogen) atoms. The molecule has 0 fully saturated rings. The minimum absolute atomic E-state index is 0.158. The van der Waals surface area contributed by atoms with E-state index in [4.69, 9.17) is 10.4 Å². The molecule has 1 rings (SSSR count). The van der Waals surface area contributed by atoms with Gasteiger partial charge in [0.15, 0.2) is 0 Å². The van der Waals surface area contributed by atoms with Gasteiger partial charge in [-0.1, -0.05) is 0 Å². The van der Waals surface area contributed by atoms with E-state index in [0.717, 1.165) is 18.2 Å². The molecule has 0 bridgehead atoms. The summed E-state index contributed by atoms with van der Waals surface area (Å²) in [7, 11) is 0. The Labute approximate surface area is 94.4 Å². The van der Waals surface area contributed by atoms with Crippen molar-refractivity contribution in [2.24, 2.45) is 0 Å². The summed E-state index contributed by atoms with van der Waals surface area (Å²) >= 11 is 0. The quantitative estimate of drug-likeness (QED) is 0.809. The average Bonchev–Trinajstić information content (AvgIpc) is 2.24. The number of hydrogen-bond donors (Lipinski definition) is 1. The van der Waals surface area contributed by atoms with Gasteiger partial charge < -0.3 is 5.11 Å². The van der Waals surface area contributed by atoms with Crippen molar-refractivity contribution in [3.8, 4) is 6.07 Å². The second-order valence-electron chi connectivity index (χ2n) is 3.07. The van der Waals surface area contributed by atoms with Crippen LogP contribution in [0.15, 0.2) is 24.3 Å². The zero-order valence-corrected chi connectivity index (χ0v) is 8.32. The molecule has 0 heterocycles. The average molecular weight is 241 g/mol. The Morgan fingerprint density at radius 3 is 2.53 bits per heavy atom. The van der Waals surface area contributed by atoms with Crippen LogP contribution >= 0.6 is 0 Å². The minimum Gasteiger partial charge on any atom is -0.478 e. The number of alkyl halides is 3. The standard InChI is InChI=1S/C11H6F3NO2/c12-11(13,14)8-3-4-9(10(16)17)7(6-8)2-1-5-15/h1-4,6H,(H,16,17). The monoisotopic (exact) mass is 241 g/mol. The van der Waals surface area contributed by atoms with Crippen molar-refractivity contribution in [1.82, 2.24) is 0 Å². The lowest BCUT2D eigenvalue weighted by molar-refractivity contribution is -0.137. The van der Waals surface area contributed by atoms with Gasteiger partial charge in [-0.2, -0.15) is 18.4 Å². The molecule has 1 aromatic rings. The maximum absolute atomic E-state index is 12.4. The molecule has 0 saturated heterocycles. The van der Waals surface area contributed by atoms with Crippen molar-refractivity contribution in [3.05, 3.63) is 41.0 Å². The highest BCUT2D eigenvalue weighted by Gasteiger charge is 2.31. The van der Waals surface area contributed by atoms with Crippen LogP contribution in [0, 0.1) is 11.3 Å². The zero-order valence-electron chi connectivity index (χ0n) is 8.32. The van der Waals surface area contributed by atoms with Crippen molar-refractivity contribution in [2.75, 3.05) is 0 Å². The number of halogens is 3. The molecule has 0 amide bonds. The Kier molecular flexibility index (Phi) is 3.53. The van der Waals surface area contributed by atoms with Crippen molar-refractivity contribution >= 4 is 12.0 Å². The van der Waals surface area contributed by atoms with Crippen LogP contribution in [0.5, 0.6) is 0 Å². The Bertz CT molecular complexity index is 512. The van der Waals surface area contributed by atoms with Crippen LogP contribution in [0.3, 0.4) is 0 Å². The van der Waals surface area contributed by atoms with Gasteiger partial charge in [0.1, 0.15) is 0 Å². The number of nitrogens with zero attached hydrogens (tertiary/aromatic N) is 1. The SMILES string of the molecule is N#CC=Cc1cc(C(F)(F)F)ccc1C(=O)O. The number of carbonyl (C=O) groups is 1. The van der Waals surface area contributed by atoms with E-state index in [1.807, 2.05) is 0 Å². The fourth-order valence-electron chi connectivity index (χ4n) is 1.20. The second kappa shape index (κ2) is 4.70. The molecular weight excluding hydrogens is 235 g/mol. The first-order chi connectivity index (χ1) is 7.86. The van der Waals surface area contributed by atoms with Gasteiger partial charge in [-0.25, -0.2) is 4.79 Å². The van der Waals surface area contributed by atoms with Gasteiger partial charge in [0.05, 0.1) is 17.2 Å². The van der Waals surface area contributed by atoms with Crippen LogP contribution < -0.4 is 0 Å². The lowest BCUT2D eigenvalue weighted by Crippen LogP contribution is -2.07. The normalized spacial score (nSPS) is 11.4. The molecule has 0 aliphatic rings. The van der Waals surface area contributed by atoms with Crippen LogP contribution in [-0.4, -0.2) is 11.1 Å². The molecule has 0 atom stereocenters. The van der Waals surface area contributed by atoms with E-state index in [0.29, 0.717) is 12.1 Å². The van der Waals surface area contributed by atoms with E-state index in [1.54, 1.807) is 6.07 Å². The molecule has 0 saturated carbocycles. The summed E-state index contributed by atoms with van der Waals surface area (Å²) < 4.78 is 37.2. The minimum atomic E-state index is -4.55. The number of allylic oxidation sites excluding steroid dienone is 1. The summed E-state index contributed by atoms with van der Waals surface area (Å²) in [5.74, 6) is -1.35. The highest BCUT2D eigenvalue weighted by Crippen LogP contribution is 2.30. The number of rotatable bonds is 2. The second-order valence-corrected chi connectivity index (χ2v) is 3.07. The fraction of sp³-hybridized carbons (Fsp3) is 0.0909. The highest BCUT2D eigenvalue weighted by atomic mass is 19.4. The summed E-state index contributed by atoms with van der Waals surface area (Å²) in [6, 6.07) is 3.83. The van der Waals surface area contributed by atoms with Crippen LogP contribution in [0.2, 0.25) is 0 Å². The first kappa shape index (κ1) is 12.8. The molecular formula is C11H6F3NO2. The Morgan fingerprint density at radius 1 is 1.41 bits per heavy atom. The maximum Gasteiger partial charge on any atom is 0.416 e. The first-order valence-electron chi connectivity index (χ1n) is 4.37. The van der Waals surface area contributed by atoms with E-state index < -0.39 is 17.7 Å². The molecule has 0 unspecified atom stereocenters. The molecule has 0 spiro atoms. The van der Waals surface area contributed by atoms with Gasteiger partial charge in [-0.3, -0.25) is 0 Å². The molecule has 0 aliphatic heterocycles. The molecule has 0 aromatic heterocycles. The fourth-order valence-corrected chi connectivity index (χ4v) is 1.20. The van der Waals surface area contributed by atoms with E-state index in [9.17, 15) is 18.0 Å². The summed E-state index contributed by atoms with van der Waals surface area (Å²) in [6.45, 7) is 0. The molecule has 88 valence electrons. The lowest BCUT2D eigenvalue weighted by Gasteiger charge is -2.08. The third-order valence-corrected chi connectivity index (χ3v) is 1.95. The predicted molar refractivity (Wildman–Crippen MR) is 53.1 cm³/mol. The van der Waals surface area contributed by atoms with Crippen LogP contribution in [0.4, 0.5) is 13.2 Å². The third kappa shape index (κ3) is 3.08. The van der Waals surface area contributed by atoms with Crippen molar-refractivity contribution in [1.29, 1.82) is 5.26 Å². The number of carboxylic acid groups (broad SMARTS) is 1. The molecule has 1 N–H and O–H groups in total. The third-order valence-electron chi connectivity index (χ3n) is 1.95. The van der Waals surface area contributed by atoms with Gasteiger partial charge in [0, 0.05) is 6.08 Å². The van der Waals surface area contributed by atoms with E-state index in [1.165, 1.54) is 0 Å². The summed E-state index contributed by atoms with van der Waals surface area (Å²) in [5.41, 5.74) is -1.40. The van der Waals surface area contributed by atoms with Gasteiger partial charge in [-0.15, -0.1) is 0 Å². The van der Waals surface area contributed by atoms with Crippen molar-refractivity contribution < 1.29 is 23.1 Å².